The predicted molar refractivity (Wildman–Crippen MR) is 68.6 cm³/mol. The van der Waals surface area contributed by atoms with E-state index in [0.717, 1.165) is 15.8 Å². The van der Waals surface area contributed by atoms with Gasteiger partial charge in [-0.15, -0.1) is 11.3 Å². The van der Waals surface area contributed by atoms with Crippen molar-refractivity contribution in [3.05, 3.63) is 47.4 Å². The standard InChI is InChI=1S/C13H9FN2OS/c1-8-6-18-13-11(8)12(15-7-16-13)17-10-5-3-2-4-9(10)14/h2-7H,1H3. The van der Waals surface area contributed by atoms with Gasteiger partial charge >= 0.3 is 0 Å². The monoisotopic (exact) mass is 260 g/mol. The third kappa shape index (κ3) is 1.82. The van der Waals surface area contributed by atoms with Crippen LogP contribution in [0.15, 0.2) is 36.0 Å². The highest BCUT2D eigenvalue weighted by atomic mass is 32.1. The Morgan fingerprint density at radius 3 is 2.89 bits per heavy atom. The van der Waals surface area contributed by atoms with E-state index in [1.54, 1.807) is 18.2 Å². The van der Waals surface area contributed by atoms with E-state index < -0.39 is 5.82 Å². The summed E-state index contributed by atoms with van der Waals surface area (Å²) in [6, 6.07) is 6.27. The lowest BCUT2D eigenvalue weighted by Crippen LogP contribution is -1.92. The number of benzene rings is 1. The van der Waals surface area contributed by atoms with Crippen molar-refractivity contribution in [3.8, 4) is 11.6 Å². The topological polar surface area (TPSA) is 35.0 Å². The van der Waals surface area contributed by atoms with Crippen LogP contribution < -0.4 is 4.74 Å². The van der Waals surface area contributed by atoms with Crippen LogP contribution in [0, 0.1) is 12.7 Å². The quantitative estimate of drug-likeness (QED) is 0.700. The van der Waals surface area contributed by atoms with E-state index in [2.05, 4.69) is 9.97 Å². The molecule has 0 aliphatic heterocycles. The molecule has 3 rings (SSSR count). The molecule has 5 heteroatoms. The van der Waals surface area contributed by atoms with Crippen molar-refractivity contribution >= 4 is 21.6 Å². The summed E-state index contributed by atoms with van der Waals surface area (Å²) in [4.78, 5) is 9.08. The highest BCUT2D eigenvalue weighted by Gasteiger charge is 2.12. The Hall–Kier alpha value is -2.01. The average Bonchev–Trinajstić information content (AvgIpc) is 2.75. The Kier molecular flexibility index (Phi) is 2.68. The second kappa shape index (κ2) is 4.34. The second-order valence-electron chi connectivity index (χ2n) is 3.81. The van der Waals surface area contributed by atoms with Crippen molar-refractivity contribution in [2.45, 2.75) is 6.92 Å². The lowest BCUT2D eigenvalue weighted by Gasteiger charge is -2.06. The maximum Gasteiger partial charge on any atom is 0.231 e. The summed E-state index contributed by atoms with van der Waals surface area (Å²) in [5, 5.41) is 2.82. The fourth-order valence-corrected chi connectivity index (χ4v) is 2.57. The number of hydrogen-bond acceptors (Lipinski definition) is 4. The SMILES string of the molecule is Cc1csc2ncnc(Oc3ccccc3F)c12. The zero-order valence-electron chi connectivity index (χ0n) is 9.55. The van der Waals surface area contributed by atoms with Crippen LogP contribution in [-0.2, 0) is 0 Å². The molecule has 0 aliphatic rings. The largest absolute Gasteiger partial charge is 0.435 e. The number of hydrogen-bond donors (Lipinski definition) is 0. The Bertz CT molecular complexity index is 711. The fraction of sp³-hybridized carbons (Fsp3) is 0.0769. The van der Waals surface area contributed by atoms with Gasteiger partial charge in [0.05, 0.1) is 5.39 Å². The average molecular weight is 260 g/mol. The molecule has 0 saturated heterocycles. The molecular weight excluding hydrogens is 251 g/mol. The van der Waals surface area contributed by atoms with E-state index in [1.165, 1.54) is 23.7 Å². The van der Waals surface area contributed by atoms with Crippen LogP contribution >= 0.6 is 11.3 Å². The van der Waals surface area contributed by atoms with E-state index in [1.807, 2.05) is 12.3 Å². The van der Waals surface area contributed by atoms with E-state index >= 15 is 0 Å². The molecular formula is C13H9FN2OS. The number of halogens is 1. The normalized spacial score (nSPS) is 10.8. The summed E-state index contributed by atoms with van der Waals surface area (Å²) in [7, 11) is 0. The van der Waals surface area contributed by atoms with Crippen molar-refractivity contribution in [3.63, 3.8) is 0 Å². The number of aryl methyl sites for hydroxylation is 1. The third-order valence-electron chi connectivity index (χ3n) is 2.56. The predicted octanol–water partition coefficient (Wildman–Crippen LogP) is 3.93. The van der Waals surface area contributed by atoms with Crippen LogP contribution in [-0.4, -0.2) is 9.97 Å². The molecule has 0 bridgehead atoms. The zero-order valence-corrected chi connectivity index (χ0v) is 10.4. The molecule has 0 spiro atoms. The van der Waals surface area contributed by atoms with Crippen molar-refractivity contribution < 1.29 is 9.13 Å². The van der Waals surface area contributed by atoms with Gasteiger partial charge in [-0.05, 0) is 30.0 Å². The molecule has 0 N–H and O–H groups in total. The highest BCUT2D eigenvalue weighted by molar-refractivity contribution is 7.17. The third-order valence-corrected chi connectivity index (χ3v) is 3.57. The number of aromatic nitrogens is 2. The van der Waals surface area contributed by atoms with Gasteiger partial charge in [-0.3, -0.25) is 0 Å². The summed E-state index contributed by atoms with van der Waals surface area (Å²) in [5.41, 5.74) is 1.03. The molecule has 0 unspecified atom stereocenters. The van der Waals surface area contributed by atoms with Gasteiger partial charge in [0.2, 0.25) is 5.88 Å². The van der Waals surface area contributed by atoms with Crippen molar-refractivity contribution in [1.82, 2.24) is 9.97 Å². The number of fused-ring (bicyclic) bond motifs is 1. The van der Waals surface area contributed by atoms with Crippen LogP contribution in [0.2, 0.25) is 0 Å². The van der Waals surface area contributed by atoms with Crippen molar-refractivity contribution in [2.24, 2.45) is 0 Å². The van der Waals surface area contributed by atoms with Gasteiger partial charge in [0.1, 0.15) is 11.2 Å². The molecule has 1 aromatic carbocycles. The van der Waals surface area contributed by atoms with E-state index in [4.69, 9.17) is 4.74 Å². The Morgan fingerprint density at radius 2 is 2.06 bits per heavy atom. The smallest absolute Gasteiger partial charge is 0.231 e. The van der Waals surface area contributed by atoms with E-state index in [0.29, 0.717) is 5.88 Å². The molecule has 18 heavy (non-hydrogen) atoms. The summed E-state index contributed by atoms with van der Waals surface area (Å²) in [6.45, 7) is 1.95. The summed E-state index contributed by atoms with van der Waals surface area (Å²) in [6.07, 6.45) is 1.43. The molecule has 3 nitrogen and oxygen atoms in total. The maximum atomic E-state index is 13.5. The highest BCUT2D eigenvalue weighted by Crippen LogP contribution is 2.33. The number of ether oxygens (including phenoxy) is 1. The van der Waals surface area contributed by atoms with E-state index in [-0.39, 0.29) is 5.75 Å². The Morgan fingerprint density at radius 1 is 1.22 bits per heavy atom. The van der Waals surface area contributed by atoms with Gasteiger partial charge < -0.3 is 4.74 Å². The summed E-state index contributed by atoms with van der Waals surface area (Å²) in [5.74, 6) is 0.157. The van der Waals surface area contributed by atoms with Crippen LogP contribution in [0.25, 0.3) is 10.2 Å². The first-order valence-corrected chi connectivity index (χ1v) is 6.25. The molecule has 90 valence electrons. The molecule has 0 amide bonds. The molecule has 0 aliphatic carbocycles. The number of para-hydroxylation sites is 1. The van der Waals surface area contributed by atoms with Crippen LogP contribution in [0.5, 0.6) is 11.6 Å². The number of rotatable bonds is 2. The zero-order chi connectivity index (χ0) is 12.5. The number of nitrogens with zero attached hydrogens (tertiary/aromatic N) is 2. The van der Waals surface area contributed by atoms with Crippen LogP contribution in [0.4, 0.5) is 4.39 Å². The minimum absolute atomic E-state index is 0.170. The van der Waals surface area contributed by atoms with Gasteiger partial charge in [-0.1, -0.05) is 12.1 Å². The Balaban J connectivity index is 2.10. The maximum absolute atomic E-state index is 13.5. The van der Waals surface area contributed by atoms with Crippen molar-refractivity contribution in [2.75, 3.05) is 0 Å². The minimum Gasteiger partial charge on any atom is -0.435 e. The molecule has 3 aromatic rings. The summed E-state index contributed by atoms with van der Waals surface area (Å²) >= 11 is 1.52. The molecule has 2 heterocycles. The first-order valence-electron chi connectivity index (χ1n) is 5.37. The molecule has 2 aromatic heterocycles. The van der Waals surface area contributed by atoms with Crippen LogP contribution in [0.1, 0.15) is 5.56 Å². The van der Waals surface area contributed by atoms with Gasteiger partial charge in [0.15, 0.2) is 11.6 Å². The molecule has 0 fully saturated rings. The second-order valence-corrected chi connectivity index (χ2v) is 4.67. The van der Waals surface area contributed by atoms with Gasteiger partial charge in [0, 0.05) is 0 Å². The lowest BCUT2D eigenvalue weighted by molar-refractivity contribution is 0.431. The van der Waals surface area contributed by atoms with Gasteiger partial charge in [0.25, 0.3) is 0 Å². The molecule has 0 saturated carbocycles. The van der Waals surface area contributed by atoms with Gasteiger partial charge in [-0.2, -0.15) is 0 Å². The Labute approximate surface area is 107 Å². The van der Waals surface area contributed by atoms with Crippen LogP contribution in [0.3, 0.4) is 0 Å². The van der Waals surface area contributed by atoms with Gasteiger partial charge in [-0.25, -0.2) is 14.4 Å². The first kappa shape index (κ1) is 11.1. The first-order chi connectivity index (χ1) is 8.75. The van der Waals surface area contributed by atoms with E-state index in [9.17, 15) is 4.39 Å². The number of thiophene rings is 1. The molecule has 0 atom stereocenters. The summed E-state index contributed by atoms with van der Waals surface area (Å²) < 4.78 is 19.1. The minimum atomic E-state index is -0.405. The fourth-order valence-electron chi connectivity index (χ4n) is 1.69. The molecule has 0 radical (unpaired) electrons. The van der Waals surface area contributed by atoms with Crippen molar-refractivity contribution in [1.29, 1.82) is 0 Å². The lowest BCUT2D eigenvalue weighted by atomic mass is 10.2.